The topological polar surface area (TPSA) is 72.8 Å². The van der Waals surface area contributed by atoms with Crippen LogP contribution in [0, 0.1) is 13.8 Å². The Morgan fingerprint density at radius 3 is 2.55 bits per heavy atom. The molecule has 0 fully saturated rings. The van der Waals surface area contributed by atoms with E-state index in [-0.39, 0.29) is 17.1 Å². The zero-order valence-corrected chi connectivity index (χ0v) is 16.4. The minimum Gasteiger partial charge on any atom is -0.507 e. The molecule has 29 heavy (non-hydrogen) atoms. The predicted molar refractivity (Wildman–Crippen MR) is 112 cm³/mol. The molecule has 0 aliphatic rings. The van der Waals surface area contributed by atoms with Gasteiger partial charge in [-0.1, -0.05) is 30.3 Å². The Labute approximate surface area is 168 Å². The van der Waals surface area contributed by atoms with Crippen LogP contribution in [0.5, 0.6) is 11.5 Å². The van der Waals surface area contributed by atoms with Gasteiger partial charge in [-0.3, -0.25) is 0 Å². The van der Waals surface area contributed by atoms with E-state index in [4.69, 9.17) is 13.6 Å². The van der Waals surface area contributed by atoms with Crippen molar-refractivity contribution in [2.24, 2.45) is 0 Å². The van der Waals surface area contributed by atoms with Gasteiger partial charge in [0, 0.05) is 17.0 Å². The lowest BCUT2D eigenvalue weighted by atomic mass is 10.1. The molecule has 4 aromatic rings. The van der Waals surface area contributed by atoms with Gasteiger partial charge >= 0.3 is 5.63 Å². The van der Waals surface area contributed by atoms with E-state index in [9.17, 15) is 9.90 Å². The Balaban J connectivity index is 1.50. The summed E-state index contributed by atoms with van der Waals surface area (Å²) in [5, 5.41) is 11.0. The molecule has 0 bridgehead atoms. The molecule has 0 atom stereocenters. The molecule has 0 radical (unpaired) electrons. The SMILES string of the molecule is Cc1c(-c2cc3ccc(OCCCc4ccccc4)cc3o2)oc(=O)c(C)c1O. The lowest BCUT2D eigenvalue weighted by Crippen LogP contribution is -2.05. The molecule has 1 N–H and O–H groups in total. The molecule has 5 heteroatoms. The third kappa shape index (κ3) is 3.90. The average molecular weight is 390 g/mol. The first kappa shape index (κ1) is 18.9. The number of ether oxygens (including phenoxy) is 1. The first-order valence-corrected chi connectivity index (χ1v) is 9.57. The van der Waals surface area contributed by atoms with Crippen molar-refractivity contribution in [3.63, 3.8) is 0 Å². The van der Waals surface area contributed by atoms with Crippen LogP contribution in [0.25, 0.3) is 22.5 Å². The number of fused-ring (bicyclic) bond motifs is 1. The molecule has 148 valence electrons. The number of hydrogen-bond donors (Lipinski definition) is 1. The third-order valence-electron chi connectivity index (χ3n) is 4.99. The van der Waals surface area contributed by atoms with E-state index >= 15 is 0 Å². The highest BCUT2D eigenvalue weighted by molar-refractivity contribution is 5.83. The van der Waals surface area contributed by atoms with Gasteiger partial charge in [0.05, 0.1) is 12.2 Å². The summed E-state index contributed by atoms with van der Waals surface area (Å²) in [7, 11) is 0. The highest BCUT2D eigenvalue weighted by Crippen LogP contribution is 2.34. The summed E-state index contributed by atoms with van der Waals surface area (Å²) < 4.78 is 17.1. The van der Waals surface area contributed by atoms with Gasteiger partial charge in [0.2, 0.25) is 0 Å². The van der Waals surface area contributed by atoms with Crippen molar-refractivity contribution in [3.8, 4) is 23.0 Å². The van der Waals surface area contributed by atoms with Crippen LogP contribution in [0.2, 0.25) is 0 Å². The smallest absolute Gasteiger partial charge is 0.343 e. The Hall–Kier alpha value is -3.47. The van der Waals surface area contributed by atoms with Crippen LogP contribution < -0.4 is 10.4 Å². The van der Waals surface area contributed by atoms with Crippen LogP contribution in [0.15, 0.2) is 68.2 Å². The van der Waals surface area contributed by atoms with E-state index in [1.54, 1.807) is 13.0 Å². The summed E-state index contributed by atoms with van der Waals surface area (Å²) in [5.74, 6) is 1.28. The molecule has 4 rings (SSSR count). The molecule has 2 heterocycles. The van der Waals surface area contributed by atoms with Crippen molar-refractivity contribution >= 4 is 11.0 Å². The fraction of sp³-hybridized carbons (Fsp3) is 0.208. The zero-order valence-electron chi connectivity index (χ0n) is 16.4. The second kappa shape index (κ2) is 7.87. The molecule has 0 saturated heterocycles. The Bertz CT molecular complexity index is 1200. The second-order valence-corrected chi connectivity index (χ2v) is 7.07. The minimum atomic E-state index is -0.578. The summed E-state index contributed by atoms with van der Waals surface area (Å²) in [5.41, 5.74) is 2.00. The maximum atomic E-state index is 11.9. The number of hydrogen-bond acceptors (Lipinski definition) is 5. The van der Waals surface area contributed by atoms with Crippen LogP contribution in [-0.2, 0) is 6.42 Å². The van der Waals surface area contributed by atoms with E-state index in [1.165, 1.54) is 12.5 Å². The number of furan rings is 1. The summed E-state index contributed by atoms with van der Waals surface area (Å²) >= 11 is 0. The van der Waals surface area contributed by atoms with Gasteiger partial charge in [-0.15, -0.1) is 0 Å². The van der Waals surface area contributed by atoms with Crippen molar-refractivity contribution in [1.29, 1.82) is 0 Å². The largest absolute Gasteiger partial charge is 0.507 e. The molecule has 0 saturated carbocycles. The fourth-order valence-corrected chi connectivity index (χ4v) is 3.29. The van der Waals surface area contributed by atoms with Crippen LogP contribution in [0.4, 0.5) is 0 Å². The maximum absolute atomic E-state index is 11.9. The second-order valence-electron chi connectivity index (χ2n) is 7.07. The minimum absolute atomic E-state index is 0.0702. The van der Waals surface area contributed by atoms with E-state index in [1.807, 2.05) is 36.4 Å². The highest BCUT2D eigenvalue weighted by Gasteiger charge is 2.18. The van der Waals surface area contributed by atoms with Crippen LogP contribution in [0.3, 0.4) is 0 Å². The molecular weight excluding hydrogens is 368 g/mol. The van der Waals surface area contributed by atoms with E-state index in [0.29, 0.717) is 23.5 Å². The molecule has 0 spiro atoms. The Kier molecular flexibility index (Phi) is 5.12. The summed E-state index contributed by atoms with van der Waals surface area (Å²) in [6.45, 7) is 3.82. The predicted octanol–water partition coefficient (Wildman–Crippen LogP) is 5.39. The first-order valence-electron chi connectivity index (χ1n) is 9.57. The fourth-order valence-electron chi connectivity index (χ4n) is 3.29. The number of aromatic hydroxyl groups is 1. The molecule has 0 aliphatic carbocycles. The van der Waals surface area contributed by atoms with E-state index in [2.05, 4.69) is 12.1 Å². The maximum Gasteiger partial charge on any atom is 0.343 e. The lowest BCUT2D eigenvalue weighted by Gasteiger charge is -2.06. The van der Waals surface area contributed by atoms with E-state index in [0.717, 1.165) is 24.0 Å². The molecule has 0 amide bonds. The third-order valence-corrected chi connectivity index (χ3v) is 4.99. The number of rotatable bonds is 6. The van der Waals surface area contributed by atoms with Gasteiger partial charge in [0.15, 0.2) is 11.5 Å². The molecular formula is C24H22O5. The molecule has 2 aromatic heterocycles. The standard InChI is InChI=1S/C24H22O5/c1-15-22(25)16(2)24(26)29-23(15)21-13-18-10-11-19(14-20(18)28-21)27-12-6-9-17-7-4-3-5-8-17/h3-5,7-8,10-11,13-14,25H,6,9,12H2,1-2H3. The number of aryl methyl sites for hydroxylation is 1. The normalized spacial score (nSPS) is 11.1. The zero-order chi connectivity index (χ0) is 20.4. The number of benzene rings is 2. The average Bonchev–Trinajstić information content (AvgIpc) is 3.16. The molecule has 5 nitrogen and oxygen atoms in total. The lowest BCUT2D eigenvalue weighted by molar-refractivity contribution is 0.311. The van der Waals surface area contributed by atoms with Crippen molar-refractivity contribution in [2.45, 2.75) is 26.7 Å². The Morgan fingerprint density at radius 2 is 1.76 bits per heavy atom. The highest BCUT2D eigenvalue weighted by atomic mass is 16.5. The van der Waals surface area contributed by atoms with Crippen LogP contribution in [-0.4, -0.2) is 11.7 Å². The van der Waals surface area contributed by atoms with Gasteiger partial charge in [-0.25, -0.2) is 4.79 Å². The molecule has 2 aromatic carbocycles. The summed E-state index contributed by atoms with van der Waals surface area (Å²) in [6.07, 6.45) is 1.88. The Morgan fingerprint density at radius 1 is 0.966 bits per heavy atom. The summed E-state index contributed by atoms with van der Waals surface area (Å²) in [6, 6.07) is 17.7. The van der Waals surface area contributed by atoms with Crippen molar-refractivity contribution in [3.05, 3.63) is 81.7 Å². The quantitative estimate of drug-likeness (QED) is 0.447. The molecule has 0 aliphatic heterocycles. The van der Waals surface area contributed by atoms with Gasteiger partial charge in [0.25, 0.3) is 0 Å². The van der Waals surface area contributed by atoms with Crippen molar-refractivity contribution in [1.82, 2.24) is 0 Å². The van der Waals surface area contributed by atoms with Crippen molar-refractivity contribution in [2.75, 3.05) is 6.61 Å². The van der Waals surface area contributed by atoms with E-state index < -0.39 is 5.63 Å². The van der Waals surface area contributed by atoms with Crippen LogP contribution in [0.1, 0.15) is 23.1 Å². The van der Waals surface area contributed by atoms with Crippen molar-refractivity contribution < 1.29 is 18.7 Å². The molecule has 0 unspecified atom stereocenters. The van der Waals surface area contributed by atoms with Gasteiger partial charge in [0.1, 0.15) is 17.1 Å². The monoisotopic (exact) mass is 390 g/mol. The van der Waals surface area contributed by atoms with Crippen LogP contribution >= 0.6 is 0 Å². The first-order chi connectivity index (χ1) is 14.0. The van der Waals surface area contributed by atoms with Gasteiger partial charge in [-0.2, -0.15) is 0 Å². The van der Waals surface area contributed by atoms with Gasteiger partial charge < -0.3 is 18.7 Å². The van der Waals surface area contributed by atoms with Gasteiger partial charge in [-0.05, 0) is 50.5 Å². The summed E-state index contributed by atoms with van der Waals surface area (Å²) in [4.78, 5) is 11.9.